The predicted molar refractivity (Wildman–Crippen MR) is 121 cm³/mol. The summed E-state index contributed by atoms with van der Waals surface area (Å²) in [5, 5.41) is 11.6. The molecule has 0 unspecified atom stereocenters. The maximum atomic E-state index is 12.3. The van der Waals surface area contributed by atoms with E-state index in [0.29, 0.717) is 22.9 Å². The number of rotatable bonds is 6. The zero-order valence-corrected chi connectivity index (χ0v) is 17.8. The standard InChI is InChI=1S/C23H14Cl2N2O5/c24-16-5-1-4-15(9-16)13-31-18-6-2-3-14(10-18)11-21-23(28)32-22(26-21)19-8-7-17(27(29)30)12-20(19)25/h1-12H,13H2/b21-11-. The van der Waals surface area contributed by atoms with Crippen molar-refractivity contribution in [3.05, 3.63) is 109 Å². The zero-order chi connectivity index (χ0) is 22.7. The van der Waals surface area contributed by atoms with Gasteiger partial charge in [0.05, 0.1) is 15.5 Å². The van der Waals surface area contributed by atoms with Gasteiger partial charge in [-0.3, -0.25) is 10.1 Å². The molecular formula is C23H14Cl2N2O5. The first-order valence-electron chi connectivity index (χ1n) is 9.33. The molecule has 0 saturated heterocycles. The van der Waals surface area contributed by atoms with Crippen molar-refractivity contribution in [2.24, 2.45) is 4.99 Å². The molecule has 0 atom stereocenters. The number of halogens is 2. The third-order valence-corrected chi connectivity index (χ3v) is 5.02. The van der Waals surface area contributed by atoms with Crippen molar-refractivity contribution in [1.82, 2.24) is 0 Å². The molecule has 160 valence electrons. The lowest BCUT2D eigenvalue weighted by Crippen LogP contribution is -2.06. The van der Waals surface area contributed by atoms with Crippen molar-refractivity contribution >= 4 is 46.8 Å². The molecule has 1 aliphatic rings. The summed E-state index contributed by atoms with van der Waals surface area (Å²) in [5.41, 5.74) is 1.79. The normalized spacial score (nSPS) is 14.2. The Bertz CT molecular complexity index is 1290. The second kappa shape index (κ2) is 9.21. The van der Waals surface area contributed by atoms with Crippen molar-refractivity contribution in [1.29, 1.82) is 0 Å². The lowest BCUT2D eigenvalue weighted by Gasteiger charge is -2.07. The SMILES string of the molecule is O=C1OC(c2ccc([N+](=O)[O-])cc2Cl)=N/C1=C\c1cccc(OCc2cccc(Cl)c2)c1. The number of nitrogens with zero attached hydrogens (tertiary/aromatic N) is 2. The molecule has 0 aliphatic carbocycles. The number of non-ortho nitro benzene ring substituents is 1. The van der Waals surface area contributed by atoms with Gasteiger partial charge in [0.15, 0.2) is 5.70 Å². The third kappa shape index (κ3) is 4.96. The van der Waals surface area contributed by atoms with Gasteiger partial charge in [0.25, 0.3) is 5.69 Å². The number of ether oxygens (including phenoxy) is 2. The van der Waals surface area contributed by atoms with Crippen LogP contribution >= 0.6 is 23.2 Å². The maximum absolute atomic E-state index is 12.3. The highest BCUT2D eigenvalue weighted by Crippen LogP contribution is 2.27. The average molecular weight is 469 g/mol. The van der Waals surface area contributed by atoms with Crippen molar-refractivity contribution in [2.75, 3.05) is 0 Å². The molecule has 0 spiro atoms. The van der Waals surface area contributed by atoms with Gasteiger partial charge in [-0.15, -0.1) is 0 Å². The summed E-state index contributed by atoms with van der Waals surface area (Å²) in [4.78, 5) is 26.8. The number of esters is 1. The highest BCUT2D eigenvalue weighted by atomic mass is 35.5. The first kappa shape index (κ1) is 21.5. The topological polar surface area (TPSA) is 91.0 Å². The van der Waals surface area contributed by atoms with Gasteiger partial charge in [-0.25, -0.2) is 9.79 Å². The minimum atomic E-state index is -0.653. The van der Waals surface area contributed by atoms with E-state index in [0.717, 1.165) is 5.56 Å². The highest BCUT2D eigenvalue weighted by Gasteiger charge is 2.26. The Labute approximate surface area is 192 Å². The molecule has 0 bridgehead atoms. The smallest absolute Gasteiger partial charge is 0.363 e. The van der Waals surface area contributed by atoms with Crippen LogP contribution in [-0.4, -0.2) is 16.8 Å². The molecule has 3 aromatic rings. The number of nitro groups is 1. The monoisotopic (exact) mass is 468 g/mol. The molecule has 3 aromatic carbocycles. The number of aliphatic imine (C=N–C) groups is 1. The van der Waals surface area contributed by atoms with Crippen LogP contribution < -0.4 is 4.74 Å². The fourth-order valence-electron chi connectivity index (χ4n) is 2.96. The first-order chi connectivity index (χ1) is 15.4. The van der Waals surface area contributed by atoms with Gasteiger partial charge in [-0.2, -0.15) is 0 Å². The van der Waals surface area contributed by atoms with E-state index in [2.05, 4.69) is 4.99 Å². The van der Waals surface area contributed by atoms with Gasteiger partial charge >= 0.3 is 5.97 Å². The maximum Gasteiger partial charge on any atom is 0.363 e. The van der Waals surface area contributed by atoms with Gasteiger partial charge in [-0.05, 0) is 47.5 Å². The molecular weight excluding hydrogens is 455 g/mol. The lowest BCUT2D eigenvalue weighted by molar-refractivity contribution is -0.384. The Morgan fingerprint density at radius 1 is 1.06 bits per heavy atom. The van der Waals surface area contributed by atoms with Crippen molar-refractivity contribution in [3.8, 4) is 5.75 Å². The number of nitro benzene ring substituents is 1. The van der Waals surface area contributed by atoms with Crippen molar-refractivity contribution < 1.29 is 19.2 Å². The number of hydrogen-bond acceptors (Lipinski definition) is 6. The Balaban J connectivity index is 1.53. The number of hydrogen-bond donors (Lipinski definition) is 0. The van der Waals surface area contributed by atoms with Crippen LogP contribution in [0.4, 0.5) is 5.69 Å². The van der Waals surface area contributed by atoms with Crippen molar-refractivity contribution in [2.45, 2.75) is 6.61 Å². The quantitative estimate of drug-likeness (QED) is 0.196. The highest BCUT2D eigenvalue weighted by molar-refractivity contribution is 6.34. The predicted octanol–water partition coefficient (Wildman–Crippen LogP) is 5.83. The summed E-state index contributed by atoms with van der Waals surface area (Å²) < 4.78 is 11.0. The second-order valence-corrected chi connectivity index (χ2v) is 7.59. The Hall–Kier alpha value is -3.68. The second-order valence-electron chi connectivity index (χ2n) is 6.75. The van der Waals surface area contributed by atoms with E-state index in [1.54, 1.807) is 36.4 Å². The first-order valence-corrected chi connectivity index (χ1v) is 10.1. The van der Waals surface area contributed by atoms with Crippen LogP contribution in [0.2, 0.25) is 10.0 Å². The fourth-order valence-corrected chi connectivity index (χ4v) is 3.43. The number of carbonyl (C=O) groups excluding carboxylic acids is 1. The van der Waals surface area contributed by atoms with Crippen LogP contribution in [0, 0.1) is 10.1 Å². The molecule has 1 heterocycles. The van der Waals surface area contributed by atoms with Crippen LogP contribution in [0.1, 0.15) is 16.7 Å². The summed E-state index contributed by atoms with van der Waals surface area (Å²) in [6.45, 7) is 0.337. The largest absolute Gasteiger partial charge is 0.489 e. The lowest BCUT2D eigenvalue weighted by atomic mass is 10.2. The zero-order valence-electron chi connectivity index (χ0n) is 16.3. The van der Waals surface area contributed by atoms with E-state index in [9.17, 15) is 14.9 Å². The molecule has 0 N–H and O–H groups in total. The van der Waals surface area contributed by atoms with Crippen molar-refractivity contribution in [3.63, 3.8) is 0 Å². The third-order valence-electron chi connectivity index (χ3n) is 4.47. The molecule has 32 heavy (non-hydrogen) atoms. The van der Waals surface area contributed by atoms with E-state index in [4.69, 9.17) is 32.7 Å². The average Bonchev–Trinajstić information content (AvgIpc) is 3.12. The van der Waals surface area contributed by atoms with E-state index in [1.165, 1.54) is 18.2 Å². The van der Waals surface area contributed by atoms with Gasteiger partial charge in [0.2, 0.25) is 5.90 Å². The summed E-state index contributed by atoms with van der Waals surface area (Å²) in [5.74, 6) is -0.0671. The Morgan fingerprint density at radius 2 is 1.88 bits per heavy atom. The molecule has 1 aliphatic heterocycles. The summed E-state index contributed by atoms with van der Waals surface area (Å²) in [6.07, 6.45) is 1.56. The van der Waals surface area contributed by atoms with E-state index in [-0.39, 0.29) is 27.9 Å². The van der Waals surface area contributed by atoms with Crippen LogP contribution in [-0.2, 0) is 16.1 Å². The molecule has 0 radical (unpaired) electrons. The fraction of sp³-hybridized carbons (Fsp3) is 0.0435. The van der Waals surface area contributed by atoms with Crippen LogP contribution in [0.3, 0.4) is 0 Å². The minimum absolute atomic E-state index is 0.0190. The van der Waals surface area contributed by atoms with Gasteiger partial charge in [0.1, 0.15) is 12.4 Å². The van der Waals surface area contributed by atoms with Crippen LogP contribution in [0.25, 0.3) is 6.08 Å². The number of benzene rings is 3. The molecule has 9 heteroatoms. The van der Waals surface area contributed by atoms with E-state index < -0.39 is 10.9 Å². The van der Waals surface area contributed by atoms with E-state index in [1.807, 2.05) is 18.2 Å². The minimum Gasteiger partial charge on any atom is -0.489 e. The summed E-state index contributed by atoms with van der Waals surface area (Å²) >= 11 is 12.1. The van der Waals surface area contributed by atoms with Gasteiger partial charge < -0.3 is 9.47 Å². The molecule has 0 amide bonds. The summed E-state index contributed by atoms with van der Waals surface area (Å²) in [7, 11) is 0. The molecule has 0 fully saturated rings. The summed E-state index contributed by atoms with van der Waals surface area (Å²) in [6, 6.07) is 18.3. The number of cyclic esters (lactones) is 1. The van der Waals surface area contributed by atoms with Gasteiger partial charge in [-0.1, -0.05) is 47.5 Å². The number of carbonyl (C=O) groups is 1. The van der Waals surface area contributed by atoms with Crippen LogP contribution in [0.15, 0.2) is 77.4 Å². The molecule has 0 aromatic heterocycles. The Kier molecular flexibility index (Phi) is 6.20. The Morgan fingerprint density at radius 3 is 2.62 bits per heavy atom. The van der Waals surface area contributed by atoms with E-state index >= 15 is 0 Å². The van der Waals surface area contributed by atoms with Crippen LogP contribution in [0.5, 0.6) is 5.75 Å². The molecule has 4 rings (SSSR count). The molecule has 7 nitrogen and oxygen atoms in total. The molecule has 0 saturated carbocycles. The van der Waals surface area contributed by atoms with Gasteiger partial charge in [0, 0.05) is 17.2 Å².